The standard InChI is InChI=1S/C24H26N6O/c1-14(2)19-12-25-30-23(19)28-22(15-9-10-31-13-15)29-24(30)26-16-7-8-21-18(11-16)17-5-3-4-6-20(17)27-21/h3-6,9,12,14,16,27H,7-8,10-11,13H2,1-2H3,(H,26,28,29)/t16-/m1/s1. The smallest absolute Gasteiger partial charge is 0.228 e. The topological polar surface area (TPSA) is 80.1 Å². The minimum Gasteiger partial charge on any atom is -0.373 e. The molecule has 2 aliphatic rings. The summed E-state index contributed by atoms with van der Waals surface area (Å²) >= 11 is 0. The quantitative estimate of drug-likeness (QED) is 0.525. The molecule has 0 unspecified atom stereocenters. The lowest BCUT2D eigenvalue weighted by Gasteiger charge is -2.24. The van der Waals surface area contributed by atoms with Gasteiger partial charge in [-0.1, -0.05) is 32.0 Å². The molecular formula is C24H26N6O. The molecule has 0 bridgehead atoms. The monoisotopic (exact) mass is 414 g/mol. The lowest BCUT2D eigenvalue weighted by molar-refractivity contribution is 0.216. The number of benzene rings is 1. The molecule has 7 nitrogen and oxygen atoms in total. The van der Waals surface area contributed by atoms with Crippen LogP contribution in [-0.2, 0) is 17.6 Å². The van der Waals surface area contributed by atoms with Gasteiger partial charge in [0.05, 0.1) is 19.4 Å². The van der Waals surface area contributed by atoms with Gasteiger partial charge in [-0.3, -0.25) is 0 Å². The number of hydrogen-bond donors (Lipinski definition) is 2. The Bertz CT molecular complexity index is 1310. The Morgan fingerprint density at radius 3 is 2.97 bits per heavy atom. The summed E-state index contributed by atoms with van der Waals surface area (Å²) in [5.41, 5.74) is 7.06. The first-order valence-corrected chi connectivity index (χ1v) is 11.0. The number of H-pyrrole nitrogens is 1. The highest BCUT2D eigenvalue weighted by molar-refractivity contribution is 5.85. The van der Waals surface area contributed by atoms with Crippen molar-refractivity contribution >= 4 is 28.1 Å². The fraction of sp³-hybridized carbons (Fsp3) is 0.375. The van der Waals surface area contributed by atoms with Crippen LogP contribution in [0.25, 0.3) is 22.1 Å². The number of nitrogens with zero attached hydrogens (tertiary/aromatic N) is 4. The van der Waals surface area contributed by atoms with Gasteiger partial charge in [0.1, 0.15) is 0 Å². The van der Waals surface area contributed by atoms with E-state index in [9.17, 15) is 0 Å². The summed E-state index contributed by atoms with van der Waals surface area (Å²) < 4.78 is 7.39. The predicted octanol–water partition coefficient (Wildman–Crippen LogP) is 4.11. The van der Waals surface area contributed by atoms with Crippen LogP contribution in [0.4, 0.5) is 5.95 Å². The predicted molar refractivity (Wildman–Crippen MR) is 121 cm³/mol. The second-order valence-corrected chi connectivity index (χ2v) is 8.82. The van der Waals surface area contributed by atoms with Crippen LogP contribution < -0.4 is 5.32 Å². The zero-order valence-electron chi connectivity index (χ0n) is 17.9. The molecule has 4 heterocycles. The Hall–Kier alpha value is -3.19. The normalized spacial score (nSPS) is 18.7. The molecule has 4 aromatic rings. The molecular weight excluding hydrogens is 388 g/mol. The van der Waals surface area contributed by atoms with E-state index in [2.05, 4.69) is 59.6 Å². The van der Waals surface area contributed by atoms with Crippen LogP contribution in [0.5, 0.6) is 0 Å². The van der Waals surface area contributed by atoms with Crippen molar-refractivity contribution in [3.63, 3.8) is 0 Å². The SMILES string of the molecule is CC(C)c1cnn2c(N[C@@H]3CCc4[nH]c5ccccc5c4C3)nc(C3=CCOC3)nc12. The molecule has 6 rings (SSSR count). The zero-order chi connectivity index (χ0) is 20.9. The number of aromatic nitrogens is 5. The van der Waals surface area contributed by atoms with Gasteiger partial charge in [-0.25, -0.2) is 4.98 Å². The molecule has 1 aliphatic carbocycles. The van der Waals surface area contributed by atoms with Crippen molar-refractivity contribution in [2.75, 3.05) is 18.5 Å². The van der Waals surface area contributed by atoms with Crippen LogP contribution in [-0.4, -0.2) is 43.8 Å². The molecule has 31 heavy (non-hydrogen) atoms. The summed E-state index contributed by atoms with van der Waals surface area (Å²) in [4.78, 5) is 13.3. The van der Waals surface area contributed by atoms with E-state index >= 15 is 0 Å². The number of ether oxygens (including phenoxy) is 1. The summed E-state index contributed by atoms with van der Waals surface area (Å²) in [5, 5.41) is 9.66. The lowest BCUT2D eigenvalue weighted by atomic mass is 9.91. The number of hydrogen-bond acceptors (Lipinski definition) is 5. The Balaban J connectivity index is 1.39. The lowest BCUT2D eigenvalue weighted by Crippen LogP contribution is -2.29. The molecule has 0 saturated heterocycles. The zero-order valence-corrected chi connectivity index (χ0v) is 17.9. The van der Waals surface area contributed by atoms with Gasteiger partial charge < -0.3 is 15.0 Å². The molecule has 1 aromatic carbocycles. The van der Waals surface area contributed by atoms with Crippen LogP contribution in [0.3, 0.4) is 0 Å². The van der Waals surface area contributed by atoms with Gasteiger partial charge in [-0.05, 0) is 42.9 Å². The van der Waals surface area contributed by atoms with E-state index < -0.39 is 0 Å². The molecule has 7 heteroatoms. The van der Waals surface area contributed by atoms with Gasteiger partial charge >= 0.3 is 0 Å². The summed E-state index contributed by atoms with van der Waals surface area (Å²) in [7, 11) is 0. The Morgan fingerprint density at radius 2 is 2.13 bits per heavy atom. The maximum atomic E-state index is 5.52. The molecule has 0 saturated carbocycles. The molecule has 1 aliphatic heterocycles. The minimum absolute atomic E-state index is 0.290. The van der Waals surface area contributed by atoms with E-state index in [1.807, 2.05) is 10.7 Å². The van der Waals surface area contributed by atoms with Gasteiger partial charge in [0, 0.05) is 33.8 Å². The molecule has 0 spiro atoms. The maximum Gasteiger partial charge on any atom is 0.228 e. The summed E-state index contributed by atoms with van der Waals surface area (Å²) in [5.74, 6) is 1.83. The highest BCUT2D eigenvalue weighted by Gasteiger charge is 2.25. The van der Waals surface area contributed by atoms with E-state index in [0.717, 1.165) is 47.8 Å². The molecule has 0 amide bonds. The van der Waals surface area contributed by atoms with Crippen molar-refractivity contribution < 1.29 is 4.74 Å². The van der Waals surface area contributed by atoms with Gasteiger partial charge in [0.25, 0.3) is 0 Å². The number of rotatable bonds is 4. The molecule has 3 aromatic heterocycles. The summed E-state index contributed by atoms with van der Waals surface area (Å²) in [6.07, 6.45) is 7.02. The third kappa shape index (κ3) is 3.11. The third-order valence-corrected chi connectivity index (χ3v) is 6.44. The van der Waals surface area contributed by atoms with Gasteiger partial charge in [0.15, 0.2) is 11.5 Å². The van der Waals surface area contributed by atoms with Crippen molar-refractivity contribution in [3.05, 3.63) is 59.2 Å². The highest BCUT2D eigenvalue weighted by atomic mass is 16.5. The number of aromatic amines is 1. The number of fused-ring (bicyclic) bond motifs is 4. The summed E-state index contributed by atoms with van der Waals surface area (Å²) in [6, 6.07) is 8.86. The number of anilines is 1. The fourth-order valence-electron chi connectivity index (χ4n) is 4.76. The number of nitrogens with one attached hydrogen (secondary N) is 2. The van der Waals surface area contributed by atoms with E-state index in [4.69, 9.17) is 14.7 Å². The third-order valence-electron chi connectivity index (χ3n) is 6.44. The number of para-hydroxylation sites is 1. The second-order valence-electron chi connectivity index (χ2n) is 8.82. The van der Waals surface area contributed by atoms with Crippen LogP contribution in [0.2, 0.25) is 0 Å². The van der Waals surface area contributed by atoms with Crippen LogP contribution in [0, 0.1) is 0 Å². The maximum absolute atomic E-state index is 5.52. The van der Waals surface area contributed by atoms with Crippen molar-refractivity contribution in [3.8, 4) is 0 Å². The van der Waals surface area contributed by atoms with Crippen molar-refractivity contribution in [1.29, 1.82) is 0 Å². The molecule has 2 N–H and O–H groups in total. The van der Waals surface area contributed by atoms with Crippen LogP contribution in [0.15, 0.2) is 36.5 Å². The first kappa shape index (κ1) is 18.6. The average Bonchev–Trinajstić information content (AvgIpc) is 3.51. The Labute approximate surface area is 180 Å². The molecule has 158 valence electrons. The van der Waals surface area contributed by atoms with E-state index in [-0.39, 0.29) is 6.04 Å². The molecule has 0 radical (unpaired) electrons. The van der Waals surface area contributed by atoms with Crippen LogP contribution >= 0.6 is 0 Å². The van der Waals surface area contributed by atoms with Gasteiger partial charge in [0.2, 0.25) is 5.95 Å². The van der Waals surface area contributed by atoms with Crippen molar-refractivity contribution in [2.24, 2.45) is 0 Å². The first-order chi connectivity index (χ1) is 15.2. The minimum atomic E-state index is 0.290. The van der Waals surface area contributed by atoms with Gasteiger partial charge in [-0.15, -0.1) is 0 Å². The Kier molecular flexibility index (Phi) is 4.31. The molecule has 1 atom stereocenters. The average molecular weight is 415 g/mol. The van der Waals surface area contributed by atoms with E-state index in [0.29, 0.717) is 19.1 Å². The highest BCUT2D eigenvalue weighted by Crippen LogP contribution is 2.31. The van der Waals surface area contributed by atoms with Crippen molar-refractivity contribution in [1.82, 2.24) is 24.6 Å². The van der Waals surface area contributed by atoms with Crippen molar-refractivity contribution in [2.45, 2.75) is 45.1 Å². The Morgan fingerprint density at radius 1 is 1.23 bits per heavy atom. The van der Waals surface area contributed by atoms with E-state index in [1.165, 1.54) is 22.2 Å². The number of aryl methyl sites for hydroxylation is 1. The first-order valence-electron chi connectivity index (χ1n) is 11.0. The molecule has 0 fully saturated rings. The summed E-state index contributed by atoms with van der Waals surface area (Å²) in [6.45, 7) is 5.52. The second kappa shape index (κ2) is 7.20. The van der Waals surface area contributed by atoms with Gasteiger partial charge in [-0.2, -0.15) is 14.6 Å². The van der Waals surface area contributed by atoms with E-state index in [1.54, 1.807) is 0 Å². The fourth-order valence-corrected chi connectivity index (χ4v) is 4.76. The largest absolute Gasteiger partial charge is 0.373 e. The van der Waals surface area contributed by atoms with Crippen LogP contribution in [0.1, 0.15) is 48.8 Å².